The smallest absolute Gasteiger partial charge is 0.748 e. The molecule has 1 N–H and O–H groups in total. The summed E-state index contributed by atoms with van der Waals surface area (Å²) in [5.41, 5.74) is -0.346. The van der Waals surface area contributed by atoms with Crippen LogP contribution in [0.2, 0.25) is 0 Å². The normalized spacial score (nSPS) is 13.5. The van der Waals surface area contributed by atoms with Gasteiger partial charge in [-0.05, 0) is 24.6 Å². The van der Waals surface area contributed by atoms with Crippen molar-refractivity contribution in [1.29, 1.82) is 0 Å². The van der Waals surface area contributed by atoms with Crippen LogP contribution in [0.15, 0.2) is 60.7 Å². The van der Waals surface area contributed by atoms with Crippen molar-refractivity contribution in [1.82, 2.24) is 5.32 Å². The van der Waals surface area contributed by atoms with Crippen LogP contribution in [0.5, 0.6) is 0 Å². The van der Waals surface area contributed by atoms with Gasteiger partial charge in [-0.3, -0.25) is 4.79 Å². The van der Waals surface area contributed by atoms with E-state index in [2.05, 4.69) is 5.32 Å². The molecule has 0 heterocycles. The second-order valence-electron chi connectivity index (χ2n) is 5.22. The maximum absolute atomic E-state index is 12.3. The van der Waals surface area contributed by atoms with Gasteiger partial charge in [0.2, 0.25) is 0 Å². The minimum atomic E-state index is -4.52. The summed E-state index contributed by atoms with van der Waals surface area (Å²) in [5.74, 6) is -1.15. The molecule has 0 spiro atoms. The fourth-order valence-corrected chi connectivity index (χ4v) is 3.21. The van der Waals surface area contributed by atoms with Crippen LogP contribution in [0.1, 0.15) is 22.8 Å². The fraction of sp³-hybridized carbons (Fsp3) is 0.188. The number of rotatable bonds is 5. The standard InChI is InChI=1S/C16H17NO4S.Na/c1-16(12-22(19,20)21,14-10-6-3-7-11-14)17-15(18)13-8-4-2-5-9-13;/h2-11H,12H2,1H3,(H,17,18)(H,19,20,21);/q;+1/p-1. The van der Waals surface area contributed by atoms with Gasteiger partial charge in [0, 0.05) is 5.56 Å². The molecule has 116 valence electrons. The maximum atomic E-state index is 12.3. The molecule has 0 fully saturated rings. The van der Waals surface area contributed by atoms with Gasteiger partial charge in [0.25, 0.3) is 5.91 Å². The van der Waals surface area contributed by atoms with Crippen LogP contribution in [-0.2, 0) is 15.7 Å². The van der Waals surface area contributed by atoms with Crippen molar-refractivity contribution in [2.75, 3.05) is 5.75 Å². The monoisotopic (exact) mass is 341 g/mol. The molecular weight excluding hydrogens is 325 g/mol. The molecule has 0 aliphatic rings. The Morgan fingerprint density at radius 2 is 1.52 bits per heavy atom. The first-order chi connectivity index (χ1) is 10.3. The molecule has 0 radical (unpaired) electrons. The molecule has 2 rings (SSSR count). The van der Waals surface area contributed by atoms with Crippen molar-refractivity contribution in [3.05, 3.63) is 71.8 Å². The van der Waals surface area contributed by atoms with Crippen LogP contribution in [0.4, 0.5) is 0 Å². The summed E-state index contributed by atoms with van der Waals surface area (Å²) in [7, 11) is -4.52. The van der Waals surface area contributed by atoms with E-state index in [1.165, 1.54) is 6.92 Å². The predicted molar refractivity (Wildman–Crippen MR) is 82.3 cm³/mol. The zero-order valence-electron chi connectivity index (χ0n) is 13.0. The molecule has 5 nitrogen and oxygen atoms in total. The first-order valence-corrected chi connectivity index (χ1v) is 8.25. The van der Waals surface area contributed by atoms with Gasteiger partial charge < -0.3 is 9.87 Å². The zero-order chi connectivity index (χ0) is 16.2. The van der Waals surface area contributed by atoms with Crippen LogP contribution in [0.25, 0.3) is 0 Å². The summed E-state index contributed by atoms with van der Waals surface area (Å²) in [5, 5.41) is 2.66. The third-order valence-electron chi connectivity index (χ3n) is 3.30. The molecule has 2 aromatic rings. The average molecular weight is 341 g/mol. The summed E-state index contributed by atoms with van der Waals surface area (Å²) in [6, 6.07) is 17.0. The Labute approximate surface area is 158 Å². The van der Waals surface area contributed by atoms with Crippen LogP contribution in [0, 0.1) is 0 Å². The van der Waals surface area contributed by atoms with E-state index in [0.717, 1.165) is 0 Å². The first-order valence-electron chi connectivity index (χ1n) is 6.67. The third-order valence-corrected chi connectivity index (χ3v) is 4.23. The molecule has 1 amide bonds. The Morgan fingerprint density at radius 3 is 2.00 bits per heavy atom. The Balaban J connectivity index is 0.00000264. The van der Waals surface area contributed by atoms with Crippen LogP contribution in [-0.4, -0.2) is 24.6 Å². The van der Waals surface area contributed by atoms with E-state index < -0.39 is 27.3 Å². The van der Waals surface area contributed by atoms with Gasteiger partial charge in [-0.25, -0.2) is 8.42 Å². The first kappa shape index (κ1) is 19.9. The van der Waals surface area contributed by atoms with Crippen molar-refractivity contribution in [3.63, 3.8) is 0 Å². The maximum Gasteiger partial charge on any atom is 1.00 e. The molecule has 0 aromatic heterocycles. The fourth-order valence-electron chi connectivity index (χ4n) is 2.26. The van der Waals surface area contributed by atoms with E-state index in [1.54, 1.807) is 60.7 Å². The second kappa shape index (κ2) is 8.08. The molecule has 0 aliphatic heterocycles. The molecule has 23 heavy (non-hydrogen) atoms. The van der Waals surface area contributed by atoms with Crippen molar-refractivity contribution in [2.24, 2.45) is 0 Å². The quantitative estimate of drug-likeness (QED) is 0.551. The van der Waals surface area contributed by atoms with E-state index in [-0.39, 0.29) is 29.6 Å². The van der Waals surface area contributed by atoms with Crippen LogP contribution >= 0.6 is 0 Å². The van der Waals surface area contributed by atoms with Gasteiger partial charge in [0.05, 0.1) is 21.4 Å². The van der Waals surface area contributed by atoms with Gasteiger partial charge in [0.1, 0.15) is 0 Å². The molecule has 2 aromatic carbocycles. The van der Waals surface area contributed by atoms with Crippen molar-refractivity contribution in [3.8, 4) is 0 Å². The number of carbonyl (C=O) groups is 1. The SMILES string of the molecule is CC(CS(=O)(=O)[O-])(NC(=O)c1ccccc1)c1ccccc1.[Na+]. The van der Waals surface area contributed by atoms with Gasteiger partial charge in [0.15, 0.2) is 0 Å². The van der Waals surface area contributed by atoms with Gasteiger partial charge in [-0.1, -0.05) is 48.5 Å². The Bertz CT molecular complexity index is 750. The molecular formula is C16H16NNaO4S. The molecule has 0 aliphatic carbocycles. The largest absolute Gasteiger partial charge is 1.00 e. The van der Waals surface area contributed by atoms with E-state index in [1.807, 2.05) is 0 Å². The zero-order valence-corrected chi connectivity index (χ0v) is 15.8. The summed E-state index contributed by atoms with van der Waals surface area (Å²) >= 11 is 0. The van der Waals surface area contributed by atoms with Gasteiger partial charge in [-0.2, -0.15) is 0 Å². The third kappa shape index (κ3) is 5.75. The van der Waals surface area contributed by atoms with Gasteiger partial charge in [-0.15, -0.1) is 0 Å². The van der Waals surface area contributed by atoms with Crippen LogP contribution in [0.3, 0.4) is 0 Å². The Hall–Kier alpha value is -1.18. The van der Waals surface area contributed by atoms with Gasteiger partial charge >= 0.3 is 29.6 Å². The average Bonchev–Trinajstić information content (AvgIpc) is 2.47. The molecule has 0 saturated heterocycles. The summed E-state index contributed by atoms with van der Waals surface area (Å²) in [6.07, 6.45) is 0. The molecule has 0 bridgehead atoms. The number of nitrogens with one attached hydrogen (secondary N) is 1. The van der Waals surface area contributed by atoms with E-state index in [9.17, 15) is 17.8 Å². The van der Waals surface area contributed by atoms with E-state index in [4.69, 9.17) is 0 Å². The molecule has 1 unspecified atom stereocenters. The van der Waals surface area contributed by atoms with Crippen molar-refractivity contribution in [2.45, 2.75) is 12.5 Å². The number of carbonyl (C=O) groups excluding carboxylic acids is 1. The number of hydrogen-bond donors (Lipinski definition) is 1. The molecule has 7 heteroatoms. The summed E-state index contributed by atoms with van der Waals surface area (Å²) in [6.45, 7) is 1.53. The Morgan fingerprint density at radius 1 is 1.04 bits per heavy atom. The van der Waals surface area contributed by atoms with Crippen molar-refractivity contribution >= 4 is 16.0 Å². The number of amides is 1. The topological polar surface area (TPSA) is 86.3 Å². The van der Waals surface area contributed by atoms with E-state index in [0.29, 0.717) is 11.1 Å². The molecule has 1 atom stereocenters. The van der Waals surface area contributed by atoms with E-state index >= 15 is 0 Å². The minimum absolute atomic E-state index is 0. The minimum Gasteiger partial charge on any atom is -0.748 e. The Kier molecular flexibility index (Phi) is 6.98. The van der Waals surface area contributed by atoms with Crippen molar-refractivity contribution < 1.29 is 47.3 Å². The number of hydrogen-bond acceptors (Lipinski definition) is 4. The van der Waals surface area contributed by atoms with Crippen LogP contribution < -0.4 is 34.9 Å². The summed E-state index contributed by atoms with van der Waals surface area (Å²) < 4.78 is 33.7. The summed E-state index contributed by atoms with van der Waals surface area (Å²) in [4.78, 5) is 12.3. The predicted octanol–water partition coefficient (Wildman–Crippen LogP) is -1.12. The molecule has 0 saturated carbocycles. The number of benzene rings is 2. The second-order valence-corrected chi connectivity index (χ2v) is 6.62.